The van der Waals surface area contributed by atoms with Crippen LogP contribution < -0.4 is 5.32 Å². The lowest BCUT2D eigenvalue weighted by Gasteiger charge is -2.13. The molecule has 1 atom stereocenters. The van der Waals surface area contributed by atoms with Crippen molar-refractivity contribution >= 4 is 21.8 Å². The molecule has 6 heteroatoms. The lowest BCUT2D eigenvalue weighted by atomic mass is 10.1. The third-order valence-electron chi connectivity index (χ3n) is 2.80. The van der Waals surface area contributed by atoms with E-state index in [-0.39, 0.29) is 17.6 Å². The maximum Gasteiger partial charge on any atom is 0.273 e. The average Bonchev–Trinajstić information content (AvgIpc) is 2.88. The fourth-order valence-electron chi connectivity index (χ4n) is 1.74. The van der Waals surface area contributed by atoms with Crippen LogP contribution in [0.2, 0.25) is 0 Å². The highest BCUT2D eigenvalue weighted by atomic mass is 79.9. The quantitative estimate of drug-likeness (QED) is 0.909. The van der Waals surface area contributed by atoms with Crippen LogP contribution >= 0.6 is 15.9 Å². The molecule has 20 heavy (non-hydrogen) atoms. The Hall–Kier alpha value is -1.66. The molecule has 5 nitrogen and oxygen atoms in total. The Morgan fingerprint density at radius 1 is 1.45 bits per heavy atom. The predicted octanol–water partition coefficient (Wildman–Crippen LogP) is 3.07. The van der Waals surface area contributed by atoms with Crippen molar-refractivity contribution in [2.45, 2.75) is 19.6 Å². The van der Waals surface area contributed by atoms with Crippen molar-refractivity contribution in [3.05, 3.63) is 51.8 Å². The summed E-state index contributed by atoms with van der Waals surface area (Å²) in [5, 5.41) is 6.59. The Kier molecular flexibility index (Phi) is 4.92. The molecule has 1 unspecified atom stereocenters. The fourth-order valence-corrected chi connectivity index (χ4v) is 2.00. The fraction of sp³-hybridized carbons (Fsp3) is 0.286. The average molecular weight is 339 g/mol. The molecule has 2 aromatic rings. The molecule has 0 spiro atoms. The normalized spacial score (nSPS) is 12.2. The number of methoxy groups -OCH3 is 1. The zero-order chi connectivity index (χ0) is 14.5. The summed E-state index contributed by atoms with van der Waals surface area (Å²) in [5.41, 5.74) is 1.27. The minimum Gasteiger partial charge on any atom is -0.377 e. The molecule has 0 aliphatic heterocycles. The van der Waals surface area contributed by atoms with Crippen molar-refractivity contribution in [3.63, 3.8) is 0 Å². The molecule has 0 fully saturated rings. The summed E-state index contributed by atoms with van der Waals surface area (Å²) in [7, 11) is 1.55. The van der Waals surface area contributed by atoms with Crippen LogP contribution in [0.25, 0.3) is 0 Å². The van der Waals surface area contributed by atoms with Crippen LogP contribution in [0, 0.1) is 0 Å². The largest absolute Gasteiger partial charge is 0.377 e. The van der Waals surface area contributed by atoms with Crippen molar-refractivity contribution < 1.29 is 14.1 Å². The Morgan fingerprint density at radius 2 is 2.15 bits per heavy atom. The maximum absolute atomic E-state index is 12.0. The number of carbonyl (C=O) groups excluding carboxylic acids is 1. The van der Waals surface area contributed by atoms with Gasteiger partial charge in [0.2, 0.25) is 0 Å². The van der Waals surface area contributed by atoms with Crippen LogP contribution in [-0.2, 0) is 11.3 Å². The number of rotatable bonds is 5. The molecule has 1 heterocycles. The number of nitrogens with zero attached hydrogens (tertiary/aromatic N) is 1. The summed E-state index contributed by atoms with van der Waals surface area (Å²) in [4.78, 5) is 12.0. The van der Waals surface area contributed by atoms with Crippen molar-refractivity contribution in [1.29, 1.82) is 0 Å². The van der Waals surface area contributed by atoms with Gasteiger partial charge >= 0.3 is 0 Å². The predicted molar refractivity (Wildman–Crippen MR) is 77.2 cm³/mol. The van der Waals surface area contributed by atoms with Gasteiger partial charge in [0.05, 0.1) is 6.04 Å². The topological polar surface area (TPSA) is 64.4 Å². The van der Waals surface area contributed by atoms with Crippen molar-refractivity contribution in [2.24, 2.45) is 0 Å². The minimum atomic E-state index is -0.272. The van der Waals surface area contributed by atoms with E-state index in [4.69, 9.17) is 9.26 Å². The van der Waals surface area contributed by atoms with Crippen LogP contribution in [0.1, 0.15) is 34.8 Å². The summed E-state index contributed by atoms with van der Waals surface area (Å²) in [6, 6.07) is 9.24. The molecule has 0 saturated heterocycles. The highest BCUT2D eigenvalue weighted by Gasteiger charge is 2.15. The van der Waals surface area contributed by atoms with Gasteiger partial charge in [-0.1, -0.05) is 33.2 Å². The van der Waals surface area contributed by atoms with Gasteiger partial charge in [-0.15, -0.1) is 0 Å². The molecule has 0 saturated carbocycles. The smallest absolute Gasteiger partial charge is 0.273 e. The van der Waals surface area contributed by atoms with E-state index in [1.165, 1.54) is 0 Å². The molecular formula is C14H15BrN2O3. The molecule has 1 aromatic heterocycles. The molecule has 0 bridgehead atoms. The second-order valence-corrected chi connectivity index (χ2v) is 5.27. The lowest BCUT2D eigenvalue weighted by molar-refractivity contribution is 0.0930. The molecule has 1 aromatic carbocycles. The van der Waals surface area contributed by atoms with E-state index in [1.54, 1.807) is 13.2 Å². The van der Waals surface area contributed by atoms with E-state index in [9.17, 15) is 4.79 Å². The van der Waals surface area contributed by atoms with Crippen molar-refractivity contribution in [3.8, 4) is 0 Å². The summed E-state index contributed by atoms with van der Waals surface area (Å²) in [5.74, 6) is 0.250. The Morgan fingerprint density at radius 3 is 2.80 bits per heavy atom. The van der Waals surface area contributed by atoms with Crippen molar-refractivity contribution in [2.75, 3.05) is 7.11 Å². The molecule has 1 amide bonds. The zero-order valence-corrected chi connectivity index (χ0v) is 12.8. The van der Waals surface area contributed by atoms with Gasteiger partial charge in [0.15, 0.2) is 11.5 Å². The van der Waals surface area contributed by atoms with Gasteiger partial charge in [0, 0.05) is 17.6 Å². The standard InChI is InChI=1S/C14H15BrN2O3/c1-9(10-3-5-11(15)6-4-10)16-14(18)13-7-12(8-19-2)20-17-13/h3-7,9H,8H2,1-2H3,(H,16,18). The van der Waals surface area contributed by atoms with Crippen LogP contribution in [0.5, 0.6) is 0 Å². The summed E-state index contributed by atoms with van der Waals surface area (Å²) in [6.07, 6.45) is 0. The van der Waals surface area contributed by atoms with Crippen LogP contribution in [0.3, 0.4) is 0 Å². The van der Waals surface area contributed by atoms with E-state index >= 15 is 0 Å². The SMILES string of the molecule is COCc1cc(C(=O)NC(C)c2ccc(Br)cc2)no1. The monoisotopic (exact) mass is 338 g/mol. The Balaban J connectivity index is 2.01. The van der Waals surface area contributed by atoms with Crippen LogP contribution in [0.15, 0.2) is 39.3 Å². The van der Waals surface area contributed by atoms with Gasteiger partial charge in [-0.25, -0.2) is 0 Å². The van der Waals surface area contributed by atoms with E-state index in [0.29, 0.717) is 12.4 Å². The number of carbonyl (C=O) groups is 1. The third kappa shape index (κ3) is 3.68. The third-order valence-corrected chi connectivity index (χ3v) is 3.32. The summed E-state index contributed by atoms with van der Waals surface area (Å²) < 4.78 is 10.9. The number of nitrogens with one attached hydrogen (secondary N) is 1. The second-order valence-electron chi connectivity index (χ2n) is 4.36. The summed E-state index contributed by atoms with van der Waals surface area (Å²) >= 11 is 3.38. The highest BCUT2D eigenvalue weighted by Crippen LogP contribution is 2.17. The van der Waals surface area contributed by atoms with Gasteiger partial charge in [-0.2, -0.15) is 0 Å². The molecular weight excluding hydrogens is 324 g/mol. The van der Waals surface area contributed by atoms with E-state index < -0.39 is 0 Å². The highest BCUT2D eigenvalue weighted by molar-refractivity contribution is 9.10. The molecule has 106 valence electrons. The number of hydrogen-bond donors (Lipinski definition) is 1. The van der Waals surface area contributed by atoms with Crippen LogP contribution in [0.4, 0.5) is 0 Å². The van der Waals surface area contributed by atoms with Gasteiger partial charge in [0.1, 0.15) is 6.61 Å². The number of ether oxygens (including phenoxy) is 1. The zero-order valence-electron chi connectivity index (χ0n) is 11.2. The first-order valence-corrected chi connectivity index (χ1v) is 6.90. The first kappa shape index (κ1) is 14.7. The number of halogens is 1. The number of hydrogen-bond acceptors (Lipinski definition) is 4. The molecule has 0 radical (unpaired) electrons. The summed E-state index contributed by atoms with van der Waals surface area (Å²) in [6.45, 7) is 2.21. The van der Waals surface area contributed by atoms with Crippen molar-refractivity contribution in [1.82, 2.24) is 10.5 Å². The second kappa shape index (κ2) is 6.67. The molecule has 0 aliphatic rings. The first-order valence-electron chi connectivity index (χ1n) is 6.11. The van der Waals surface area contributed by atoms with Gasteiger partial charge in [0.25, 0.3) is 5.91 Å². The minimum absolute atomic E-state index is 0.113. The van der Waals surface area contributed by atoms with Gasteiger partial charge < -0.3 is 14.6 Å². The van der Waals surface area contributed by atoms with Gasteiger partial charge in [-0.05, 0) is 24.6 Å². The Bertz CT molecular complexity index is 580. The first-order chi connectivity index (χ1) is 9.60. The molecule has 2 rings (SSSR count). The number of aromatic nitrogens is 1. The number of amides is 1. The van der Waals surface area contributed by atoms with E-state index in [2.05, 4.69) is 26.4 Å². The Labute approximate surface area is 125 Å². The van der Waals surface area contributed by atoms with E-state index in [0.717, 1.165) is 10.0 Å². The maximum atomic E-state index is 12.0. The molecule has 0 aliphatic carbocycles. The van der Waals surface area contributed by atoms with Crippen LogP contribution in [-0.4, -0.2) is 18.2 Å². The number of benzene rings is 1. The molecule has 1 N–H and O–H groups in total. The van der Waals surface area contributed by atoms with E-state index in [1.807, 2.05) is 31.2 Å². The van der Waals surface area contributed by atoms with Gasteiger partial charge in [-0.3, -0.25) is 4.79 Å². The lowest BCUT2D eigenvalue weighted by Crippen LogP contribution is -2.26.